The van der Waals surface area contributed by atoms with E-state index in [1.54, 1.807) is 0 Å². The Morgan fingerprint density at radius 1 is 1.30 bits per heavy atom. The lowest BCUT2D eigenvalue weighted by molar-refractivity contribution is -0.107. The van der Waals surface area contributed by atoms with Crippen LogP contribution in [0.1, 0.15) is 65.5 Å². The van der Waals surface area contributed by atoms with Gasteiger partial charge in [-0.3, -0.25) is 0 Å². The summed E-state index contributed by atoms with van der Waals surface area (Å²) < 4.78 is 6.70. The van der Waals surface area contributed by atoms with Crippen molar-refractivity contribution in [1.29, 1.82) is 0 Å². The third-order valence-electron chi connectivity index (χ3n) is 4.60. The number of rotatable bonds is 4. The van der Waals surface area contributed by atoms with Crippen LogP contribution in [-0.2, 0) is 10.2 Å². The van der Waals surface area contributed by atoms with Crippen molar-refractivity contribution >= 4 is 27.8 Å². The highest BCUT2D eigenvalue weighted by Gasteiger charge is 2.37. The van der Waals surface area contributed by atoms with Crippen LogP contribution in [0.5, 0.6) is 5.75 Å². The predicted octanol–water partition coefficient (Wildman–Crippen LogP) is 5.92. The summed E-state index contributed by atoms with van der Waals surface area (Å²) in [7, 11) is 0. The Morgan fingerprint density at radius 3 is 2.48 bits per heavy atom. The Bertz CT molecular complexity index is 648. The van der Waals surface area contributed by atoms with E-state index in [1.165, 1.54) is 22.3 Å². The molecule has 0 bridgehead atoms. The first-order valence-electron chi connectivity index (χ1n) is 8.25. The van der Waals surface area contributed by atoms with Crippen molar-refractivity contribution in [2.75, 3.05) is 6.61 Å². The highest BCUT2D eigenvalue weighted by molar-refractivity contribution is 9.10. The van der Waals surface area contributed by atoms with Gasteiger partial charge in [0.15, 0.2) is 0 Å². The molecule has 1 aromatic rings. The van der Waals surface area contributed by atoms with Gasteiger partial charge >= 0.3 is 0 Å². The molecule has 0 saturated carbocycles. The van der Waals surface area contributed by atoms with E-state index in [0.29, 0.717) is 13.0 Å². The van der Waals surface area contributed by atoms with E-state index in [-0.39, 0.29) is 10.8 Å². The molecule has 0 saturated heterocycles. The molecule has 0 heterocycles. The molecule has 0 aliphatic heterocycles. The van der Waals surface area contributed by atoms with Gasteiger partial charge in [-0.15, -0.1) is 0 Å². The summed E-state index contributed by atoms with van der Waals surface area (Å²) >= 11 is 3.63. The molecule has 1 aromatic carbocycles. The number of aldehydes is 1. The van der Waals surface area contributed by atoms with E-state index in [1.807, 2.05) is 6.92 Å². The van der Waals surface area contributed by atoms with Crippen molar-refractivity contribution in [3.63, 3.8) is 0 Å². The van der Waals surface area contributed by atoms with Crippen LogP contribution in [0.15, 0.2) is 22.2 Å². The normalized spacial score (nSPS) is 17.0. The van der Waals surface area contributed by atoms with Crippen LogP contribution in [0.3, 0.4) is 0 Å². The summed E-state index contributed by atoms with van der Waals surface area (Å²) in [6, 6.07) is 4.28. The molecule has 0 amide bonds. The fourth-order valence-electron chi connectivity index (χ4n) is 3.47. The lowest BCUT2D eigenvalue weighted by Crippen LogP contribution is -2.29. The molecule has 0 fully saturated rings. The zero-order valence-electron chi connectivity index (χ0n) is 15.0. The number of allylic oxidation sites excluding steroid dienone is 2. The topological polar surface area (TPSA) is 26.3 Å². The first-order chi connectivity index (χ1) is 10.6. The average Bonchev–Trinajstić information content (AvgIpc) is 2.42. The maximum atomic E-state index is 11.3. The molecule has 0 N–H and O–H groups in total. The Balaban J connectivity index is 2.75. The molecule has 1 aliphatic rings. The van der Waals surface area contributed by atoms with E-state index in [9.17, 15) is 4.79 Å². The highest BCUT2D eigenvalue weighted by atomic mass is 79.9. The Morgan fingerprint density at radius 2 is 1.96 bits per heavy atom. The van der Waals surface area contributed by atoms with Crippen LogP contribution in [0, 0.1) is 5.41 Å². The van der Waals surface area contributed by atoms with Gasteiger partial charge in [-0.2, -0.15) is 0 Å². The highest BCUT2D eigenvalue weighted by Crippen LogP contribution is 2.50. The Kier molecular flexibility index (Phi) is 5.10. The monoisotopic (exact) mass is 378 g/mol. The number of carbonyl (C=O) groups excluding carboxylic acids is 1. The van der Waals surface area contributed by atoms with Crippen molar-refractivity contribution in [3.05, 3.63) is 33.3 Å². The van der Waals surface area contributed by atoms with Crippen molar-refractivity contribution < 1.29 is 9.53 Å². The first-order valence-corrected chi connectivity index (χ1v) is 9.04. The molecular formula is C20H27BrO2. The largest absolute Gasteiger partial charge is 0.493 e. The Labute approximate surface area is 148 Å². The molecule has 2 rings (SSSR count). The number of ether oxygens (including phenoxy) is 1. The second-order valence-electron chi connectivity index (χ2n) is 7.90. The van der Waals surface area contributed by atoms with Crippen molar-refractivity contribution in [2.24, 2.45) is 5.41 Å². The minimum atomic E-state index is 0.0247. The summed E-state index contributed by atoms with van der Waals surface area (Å²) in [6.45, 7) is 13.9. The van der Waals surface area contributed by atoms with E-state index in [4.69, 9.17) is 4.74 Å². The van der Waals surface area contributed by atoms with Crippen LogP contribution in [0.2, 0.25) is 0 Å². The van der Waals surface area contributed by atoms with Gasteiger partial charge in [-0.25, -0.2) is 0 Å². The molecule has 0 atom stereocenters. The predicted molar refractivity (Wildman–Crippen MR) is 100 cm³/mol. The summed E-state index contributed by atoms with van der Waals surface area (Å²) in [4.78, 5) is 11.3. The Hall–Kier alpha value is -1.09. The lowest BCUT2D eigenvalue weighted by Gasteiger charge is -2.40. The fourth-order valence-corrected chi connectivity index (χ4v) is 3.93. The van der Waals surface area contributed by atoms with Gasteiger partial charge in [0.1, 0.15) is 12.0 Å². The van der Waals surface area contributed by atoms with E-state index in [0.717, 1.165) is 22.9 Å². The number of hydrogen-bond acceptors (Lipinski definition) is 2. The molecule has 3 heteroatoms. The van der Waals surface area contributed by atoms with E-state index < -0.39 is 0 Å². The van der Waals surface area contributed by atoms with Gasteiger partial charge in [-0.1, -0.05) is 40.2 Å². The van der Waals surface area contributed by atoms with Gasteiger partial charge in [0.25, 0.3) is 0 Å². The summed E-state index contributed by atoms with van der Waals surface area (Å²) in [6.07, 6.45) is 2.46. The second kappa shape index (κ2) is 6.43. The third kappa shape index (κ3) is 3.55. The van der Waals surface area contributed by atoms with Crippen LogP contribution >= 0.6 is 15.9 Å². The van der Waals surface area contributed by atoms with Crippen LogP contribution in [0.25, 0.3) is 5.57 Å². The van der Waals surface area contributed by atoms with Gasteiger partial charge in [0, 0.05) is 6.42 Å². The lowest BCUT2D eigenvalue weighted by atomic mass is 9.64. The van der Waals surface area contributed by atoms with Gasteiger partial charge in [-0.05, 0) is 68.9 Å². The number of halogens is 1. The second-order valence-corrected chi connectivity index (χ2v) is 8.75. The molecular weight excluding hydrogens is 352 g/mol. The SMILES string of the molecule is CCOc1cc2c(cc1Br)C(CC=O)=C(C(C)(C)C)CC2(C)C. The molecule has 126 valence electrons. The van der Waals surface area contributed by atoms with Crippen LogP contribution < -0.4 is 4.74 Å². The van der Waals surface area contributed by atoms with Crippen molar-refractivity contribution in [2.45, 2.75) is 59.8 Å². The summed E-state index contributed by atoms with van der Waals surface area (Å²) in [5.74, 6) is 0.879. The quantitative estimate of drug-likeness (QED) is 0.607. The molecule has 0 spiro atoms. The number of benzene rings is 1. The van der Waals surface area contributed by atoms with E-state index >= 15 is 0 Å². The standard InChI is InChI=1S/C20H27BrO2/c1-7-23-18-11-15-14(10-17(18)21)13(8-9-22)16(19(2,3)4)12-20(15,5)6/h9-11H,7-8,12H2,1-6H3. The maximum Gasteiger partial charge on any atom is 0.133 e. The number of carbonyl (C=O) groups is 1. The molecule has 23 heavy (non-hydrogen) atoms. The minimum absolute atomic E-state index is 0.0247. The van der Waals surface area contributed by atoms with E-state index in [2.05, 4.69) is 62.7 Å². The molecule has 2 nitrogen and oxygen atoms in total. The van der Waals surface area contributed by atoms with Crippen molar-refractivity contribution in [1.82, 2.24) is 0 Å². The smallest absolute Gasteiger partial charge is 0.133 e. The van der Waals surface area contributed by atoms with Gasteiger partial charge in [0.2, 0.25) is 0 Å². The first kappa shape index (κ1) is 18.3. The average molecular weight is 379 g/mol. The zero-order chi connectivity index (χ0) is 17.4. The fraction of sp³-hybridized carbons (Fsp3) is 0.550. The molecule has 1 aliphatic carbocycles. The third-order valence-corrected chi connectivity index (χ3v) is 5.22. The summed E-state index contributed by atoms with van der Waals surface area (Å²) in [5.41, 5.74) is 5.11. The summed E-state index contributed by atoms with van der Waals surface area (Å²) in [5, 5.41) is 0. The maximum absolute atomic E-state index is 11.3. The molecule has 0 aromatic heterocycles. The van der Waals surface area contributed by atoms with Crippen molar-refractivity contribution in [3.8, 4) is 5.75 Å². The zero-order valence-corrected chi connectivity index (χ0v) is 16.6. The van der Waals surface area contributed by atoms with Crippen LogP contribution in [0.4, 0.5) is 0 Å². The number of hydrogen-bond donors (Lipinski definition) is 0. The molecule has 0 radical (unpaired) electrons. The van der Waals surface area contributed by atoms with Gasteiger partial charge < -0.3 is 9.53 Å². The minimum Gasteiger partial charge on any atom is -0.493 e. The van der Waals surface area contributed by atoms with Gasteiger partial charge in [0.05, 0.1) is 11.1 Å². The number of fused-ring (bicyclic) bond motifs is 1. The van der Waals surface area contributed by atoms with Crippen LogP contribution in [-0.4, -0.2) is 12.9 Å². The molecule has 0 unspecified atom stereocenters.